The summed E-state index contributed by atoms with van der Waals surface area (Å²) in [4.78, 5) is 0. The predicted octanol–water partition coefficient (Wildman–Crippen LogP) is 3.53. The lowest BCUT2D eigenvalue weighted by Crippen LogP contribution is -2.37. The van der Waals surface area contributed by atoms with Crippen LogP contribution in [-0.4, -0.2) is 5.11 Å². The van der Waals surface area contributed by atoms with E-state index >= 15 is 0 Å². The van der Waals surface area contributed by atoms with Crippen molar-refractivity contribution >= 4 is 0 Å². The zero-order valence-corrected chi connectivity index (χ0v) is 10.2. The average Bonchev–Trinajstić information content (AvgIpc) is 2.46. The maximum absolute atomic E-state index is 13.3. The van der Waals surface area contributed by atoms with Crippen LogP contribution in [0.4, 0.5) is 4.39 Å². The molecule has 0 saturated heterocycles. The predicted molar refractivity (Wildman–Crippen MR) is 62.7 cm³/mol. The van der Waals surface area contributed by atoms with Crippen molar-refractivity contribution in [3.63, 3.8) is 0 Å². The second kappa shape index (κ2) is 3.56. The van der Waals surface area contributed by atoms with Crippen LogP contribution in [0.15, 0.2) is 18.2 Å². The van der Waals surface area contributed by atoms with E-state index in [0.29, 0.717) is 0 Å². The lowest BCUT2D eigenvalue weighted by molar-refractivity contribution is -0.0492. The highest BCUT2D eigenvalue weighted by Crippen LogP contribution is 2.52. The summed E-state index contributed by atoms with van der Waals surface area (Å²) in [7, 11) is 0. The summed E-state index contributed by atoms with van der Waals surface area (Å²) in [6, 6.07) is 4.68. The second-order valence-electron chi connectivity index (χ2n) is 5.56. The maximum atomic E-state index is 13.3. The van der Waals surface area contributed by atoms with Crippen LogP contribution in [-0.2, 0) is 5.60 Å². The Morgan fingerprint density at radius 3 is 2.50 bits per heavy atom. The van der Waals surface area contributed by atoms with E-state index < -0.39 is 5.60 Å². The Kier molecular flexibility index (Phi) is 2.58. The van der Waals surface area contributed by atoms with Gasteiger partial charge in [-0.1, -0.05) is 19.9 Å². The second-order valence-corrected chi connectivity index (χ2v) is 5.56. The minimum Gasteiger partial charge on any atom is -0.385 e. The third-order valence-electron chi connectivity index (χ3n) is 4.11. The van der Waals surface area contributed by atoms with Crippen molar-refractivity contribution in [2.45, 2.75) is 45.6 Å². The van der Waals surface area contributed by atoms with Crippen LogP contribution in [0.2, 0.25) is 0 Å². The van der Waals surface area contributed by atoms with Gasteiger partial charge in [-0.05, 0) is 54.9 Å². The maximum Gasteiger partial charge on any atom is 0.123 e. The third kappa shape index (κ3) is 1.56. The van der Waals surface area contributed by atoms with Gasteiger partial charge in [0.25, 0.3) is 0 Å². The summed E-state index contributed by atoms with van der Waals surface area (Å²) in [6.07, 6.45) is 2.71. The Labute approximate surface area is 96.3 Å². The van der Waals surface area contributed by atoms with Crippen LogP contribution in [0, 0.1) is 18.2 Å². The van der Waals surface area contributed by atoms with E-state index in [2.05, 4.69) is 13.8 Å². The number of rotatable bonds is 1. The summed E-state index contributed by atoms with van der Waals surface area (Å²) >= 11 is 0. The molecule has 0 radical (unpaired) electrons. The number of halogens is 1. The quantitative estimate of drug-likeness (QED) is 0.770. The molecule has 88 valence electrons. The molecule has 1 saturated carbocycles. The average molecular weight is 222 g/mol. The highest BCUT2D eigenvalue weighted by atomic mass is 19.1. The van der Waals surface area contributed by atoms with Crippen molar-refractivity contribution in [3.8, 4) is 0 Å². The van der Waals surface area contributed by atoms with E-state index in [0.717, 1.165) is 30.4 Å². The molecule has 0 amide bonds. The van der Waals surface area contributed by atoms with Crippen LogP contribution in [0.3, 0.4) is 0 Å². The first-order valence-electron chi connectivity index (χ1n) is 5.86. The molecule has 1 N–H and O–H groups in total. The Bertz CT molecular complexity index is 411. The fourth-order valence-corrected chi connectivity index (χ4v) is 2.87. The lowest BCUT2D eigenvalue weighted by atomic mass is 9.72. The normalized spacial score (nSPS) is 28.3. The van der Waals surface area contributed by atoms with Gasteiger partial charge in [0.1, 0.15) is 5.82 Å². The number of benzene rings is 1. The van der Waals surface area contributed by atoms with Crippen molar-refractivity contribution in [2.75, 3.05) is 0 Å². The summed E-state index contributed by atoms with van der Waals surface area (Å²) in [5.74, 6) is -0.267. The molecule has 1 fully saturated rings. The molecule has 2 rings (SSSR count). The summed E-state index contributed by atoms with van der Waals surface area (Å²) in [6.45, 7) is 6.05. The number of hydrogen-bond donors (Lipinski definition) is 1. The zero-order valence-electron chi connectivity index (χ0n) is 10.2. The molecule has 0 bridgehead atoms. The molecule has 1 aromatic rings. The van der Waals surface area contributed by atoms with E-state index in [9.17, 15) is 9.50 Å². The number of aliphatic hydroxyl groups is 1. The van der Waals surface area contributed by atoms with Crippen LogP contribution in [0.5, 0.6) is 0 Å². The van der Waals surface area contributed by atoms with Crippen LogP contribution in [0.1, 0.15) is 44.2 Å². The molecule has 1 unspecified atom stereocenters. The monoisotopic (exact) mass is 222 g/mol. The molecule has 1 nitrogen and oxygen atoms in total. The molecule has 2 heteroatoms. The topological polar surface area (TPSA) is 20.2 Å². The summed E-state index contributed by atoms with van der Waals surface area (Å²) in [5, 5.41) is 10.8. The van der Waals surface area contributed by atoms with Crippen molar-refractivity contribution in [1.29, 1.82) is 0 Å². The van der Waals surface area contributed by atoms with E-state index in [4.69, 9.17) is 0 Å². The van der Waals surface area contributed by atoms with Gasteiger partial charge in [-0.2, -0.15) is 0 Å². The van der Waals surface area contributed by atoms with Gasteiger partial charge in [-0.3, -0.25) is 0 Å². The highest BCUT2D eigenvalue weighted by Gasteiger charge is 2.49. The summed E-state index contributed by atoms with van der Waals surface area (Å²) in [5.41, 5.74) is 0.680. The van der Waals surface area contributed by atoms with Crippen molar-refractivity contribution in [3.05, 3.63) is 35.1 Å². The Morgan fingerprint density at radius 2 is 1.94 bits per heavy atom. The van der Waals surface area contributed by atoms with Crippen LogP contribution in [0.25, 0.3) is 0 Å². The Morgan fingerprint density at radius 1 is 1.25 bits per heavy atom. The molecule has 1 aliphatic rings. The molecule has 1 aromatic carbocycles. The highest BCUT2D eigenvalue weighted by molar-refractivity contribution is 5.34. The first kappa shape index (κ1) is 11.6. The molecular formula is C14H19FO. The molecule has 16 heavy (non-hydrogen) atoms. The largest absolute Gasteiger partial charge is 0.385 e. The van der Waals surface area contributed by atoms with Crippen molar-refractivity contribution < 1.29 is 9.50 Å². The number of hydrogen-bond acceptors (Lipinski definition) is 1. The van der Waals surface area contributed by atoms with Gasteiger partial charge >= 0.3 is 0 Å². The fraction of sp³-hybridized carbons (Fsp3) is 0.571. The van der Waals surface area contributed by atoms with Crippen LogP contribution >= 0.6 is 0 Å². The van der Waals surface area contributed by atoms with Gasteiger partial charge in [0.15, 0.2) is 0 Å². The van der Waals surface area contributed by atoms with Gasteiger partial charge in [0.2, 0.25) is 0 Å². The fourth-order valence-electron chi connectivity index (χ4n) is 2.87. The van der Waals surface area contributed by atoms with Gasteiger partial charge in [0.05, 0.1) is 5.60 Å². The molecular weight excluding hydrogens is 203 g/mol. The molecule has 0 aromatic heterocycles. The van der Waals surface area contributed by atoms with Crippen molar-refractivity contribution in [2.24, 2.45) is 5.41 Å². The molecule has 1 aliphatic carbocycles. The van der Waals surface area contributed by atoms with Crippen molar-refractivity contribution in [1.82, 2.24) is 0 Å². The van der Waals surface area contributed by atoms with E-state index in [1.165, 1.54) is 12.1 Å². The SMILES string of the molecule is Cc1ccc(F)cc1C1(O)CCCC1(C)C. The molecule has 0 spiro atoms. The minimum absolute atomic E-state index is 0.175. The summed E-state index contributed by atoms with van der Waals surface area (Å²) < 4.78 is 13.3. The minimum atomic E-state index is -0.876. The Balaban J connectivity index is 2.55. The van der Waals surface area contributed by atoms with Gasteiger partial charge in [0, 0.05) is 0 Å². The smallest absolute Gasteiger partial charge is 0.123 e. The first-order chi connectivity index (χ1) is 7.37. The third-order valence-corrected chi connectivity index (χ3v) is 4.11. The zero-order chi connectivity index (χ0) is 12.0. The van der Waals surface area contributed by atoms with Crippen LogP contribution < -0.4 is 0 Å². The van der Waals surface area contributed by atoms with E-state index in [1.807, 2.05) is 6.92 Å². The van der Waals surface area contributed by atoms with Gasteiger partial charge < -0.3 is 5.11 Å². The number of aryl methyl sites for hydroxylation is 1. The van der Waals surface area contributed by atoms with Gasteiger partial charge in [-0.25, -0.2) is 4.39 Å². The Hall–Kier alpha value is -0.890. The van der Waals surface area contributed by atoms with E-state index in [-0.39, 0.29) is 11.2 Å². The first-order valence-corrected chi connectivity index (χ1v) is 5.86. The van der Waals surface area contributed by atoms with E-state index in [1.54, 1.807) is 6.07 Å². The standard InChI is InChI=1S/C14H19FO/c1-10-5-6-11(15)9-12(10)14(16)8-4-7-13(14,2)3/h5-6,9,16H,4,7-8H2,1-3H3. The molecule has 1 atom stereocenters. The lowest BCUT2D eigenvalue weighted by Gasteiger charge is -2.38. The van der Waals surface area contributed by atoms with Gasteiger partial charge in [-0.15, -0.1) is 0 Å². The molecule has 0 heterocycles. The molecule has 0 aliphatic heterocycles.